The Balaban J connectivity index is 1.63. The van der Waals surface area contributed by atoms with Crippen LogP contribution in [0.1, 0.15) is 59.6 Å². The van der Waals surface area contributed by atoms with Crippen molar-refractivity contribution in [2.24, 2.45) is 0 Å². The molecular weight excluding hydrogens is 434 g/mol. The molecule has 1 N–H and O–H groups in total. The van der Waals surface area contributed by atoms with Gasteiger partial charge in [-0.15, -0.1) is 11.3 Å². The molecule has 0 radical (unpaired) electrons. The molecule has 7 nitrogen and oxygen atoms in total. The third-order valence-corrected chi connectivity index (χ3v) is 8.31. The molecule has 1 aliphatic rings. The van der Waals surface area contributed by atoms with Crippen molar-refractivity contribution in [1.29, 1.82) is 0 Å². The van der Waals surface area contributed by atoms with Crippen molar-refractivity contribution in [3.8, 4) is 5.75 Å². The lowest BCUT2D eigenvalue weighted by molar-refractivity contribution is 0.0949. The minimum atomic E-state index is -3.63. The molecule has 1 amide bonds. The van der Waals surface area contributed by atoms with Gasteiger partial charge in [0.05, 0.1) is 22.6 Å². The summed E-state index contributed by atoms with van der Waals surface area (Å²) in [5, 5.41) is 6.04. The Hall–Kier alpha value is -1.97. The third kappa shape index (κ3) is 6.27. The van der Waals surface area contributed by atoms with Crippen LogP contribution in [0.15, 0.2) is 28.5 Å². The molecule has 9 heteroatoms. The minimum Gasteiger partial charge on any atom is -0.496 e. The van der Waals surface area contributed by atoms with Gasteiger partial charge in [0.2, 0.25) is 10.0 Å². The van der Waals surface area contributed by atoms with Gasteiger partial charge in [0.1, 0.15) is 5.75 Å². The zero-order valence-electron chi connectivity index (χ0n) is 18.2. The van der Waals surface area contributed by atoms with E-state index in [1.54, 1.807) is 17.4 Å². The molecule has 0 bridgehead atoms. The van der Waals surface area contributed by atoms with Gasteiger partial charge in [-0.1, -0.05) is 12.8 Å². The Morgan fingerprint density at radius 1 is 1.19 bits per heavy atom. The molecule has 31 heavy (non-hydrogen) atoms. The highest BCUT2D eigenvalue weighted by Crippen LogP contribution is 2.26. The highest BCUT2D eigenvalue weighted by Gasteiger charge is 2.27. The lowest BCUT2D eigenvalue weighted by atomic mass is 10.2. The fraction of sp³-hybridized carbons (Fsp3) is 0.545. The van der Waals surface area contributed by atoms with E-state index in [1.807, 2.05) is 12.3 Å². The normalized spacial score (nSPS) is 15.4. The predicted molar refractivity (Wildman–Crippen MR) is 122 cm³/mol. The number of sulfonamides is 1. The highest BCUT2D eigenvalue weighted by atomic mass is 32.2. The Bertz CT molecular complexity index is 980. The lowest BCUT2D eigenvalue weighted by Gasteiger charge is -2.20. The smallest absolute Gasteiger partial charge is 0.255 e. The number of benzene rings is 1. The SMILES string of the molecule is COc1ccc(S(=O)(=O)N2CCCCCC2)cc1C(=O)NCCCCc1nc(C)cs1. The first-order valence-electron chi connectivity index (χ1n) is 10.8. The number of rotatable bonds is 9. The molecule has 0 aliphatic carbocycles. The lowest BCUT2D eigenvalue weighted by Crippen LogP contribution is -2.32. The van der Waals surface area contributed by atoms with Gasteiger partial charge in [0.25, 0.3) is 5.91 Å². The van der Waals surface area contributed by atoms with Crippen molar-refractivity contribution in [2.75, 3.05) is 26.7 Å². The van der Waals surface area contributed by atoms with Crippen molar-refractivity contribution in [1.82, 2.24) is 14.6 Å². The zero-order chi connectivity index (χ0) is 22.3. The number of nitrogens with one attached hydrogen (secondary N) is 1. The number of amides is 1. The monoisotopic (exact) mass is 465 g/mol. The molecular formula is C22H31N3O4S2. The van der Waals surface area contributed by atoms with Crippen LogP contribution in [0.2, 0.25) is 0 Å². The van der Waals surface area contributed by atoms with E-state index in [2.05, 4.69) is 10.3 Å². The molecule has 1 aromatic carbocycles. The molecule has 0 spiro atoms. The average Bonchev–Trinajstić information content (AvgIpc) is 3.00. The number of aromatic nitrogens is 1. The molecule has 2 heterocycles. The number of hydrogen-bond donors (Lipinski definition) is 1. The second-order valence-electron chi connectivity index (χ2n) is 7.78. The largest absolute Gasteiger partial charge is 0.496 e. The summed E-state index contributed by atoms with van der Waals surface area (Å²) >= 11 is 1.66. The topological polar surface area (TPSA) is 88.6 Å². The molecule has 1 fully saturated rings. The summed E-state index contributed by atoms with van der Waals surface area (Å²) in [6.07, 6.45) is 6.45. The van der Waals surface area contributed by atoms with Gasteiger partial charge in [-0.25, -0.2) is 13.4 Å². The molecule has 0 atom stereocenters. The molecule has 1 saturated heterocycles. The number of aryl methyl sites for hydroxylation is 2. The van der Waals surface area contributed by atoms with Crippen LogP contribution >= 0.6 is 11.3 Å². The van der Waals surface area contributed by atoms with Gasteiger partial charge >= 0.3 is 0 Å². The molecule has 1 aromatic heterocycles. The van der Waals surface area contributed by atoms with Gasteiger partial charge < -0.3 is 10.1 Å². The van der Waals surface area contributed by atoms with Crippen LogP contribution < -0.4 is 10.1 Å². The van der Waals surface area contributed by atoms with E-state index >= 15 is 0 Å². The molecule has 1 aliphatic heterocycles. The van der Waals surface area contributed by atoms with Gasteiger partial charge in [0, 0.05) is 30.7 Å². The van der Waals surface area contributed by atoms with E-state index in [1.165, 1.54) is 23.5 Å². The number of ether oxygens (including phenoxy) is 1. The number of nitrogens with zero attached hydrogens (tertiary/aromatic N) is 2. The quantitative estimate of drug-likeness (QED) is 0.570. The fourth-order valence-electron chi connectivity index (χ4n) is 3.67. The number of carbonyl (C=O) groups excluding carboxylic acids is 1. The van der Waals surface area contributed by atoms with Crippen LogP contribution in [0, 0.1) is 6.92 Å². The molecule has 0 saturated carbocycles. The summed E-state index contributed by atoms with van der Waals surface area (Å²) in [5.41, 5.74) is 1.28. The maximum absolute atomic E-state index is 13.1. The van der Waals surface area contributed by atoms with Gasteiger partial charge in [0.15, 0.2) is 0 Å². The summed E-state index contributed by atoms with van der Waals surface area (Å²) in [4.78, 5) is 17.3. The van der Waals surface area contributed by atoms with E-state index in [4.69, 9.17) is 4.74 Å². The first kappa shape index (κ1) is 23.7. The van der Waals surface area contributed by atoms with Crippen molar-refractivity contribution >= 4 is 27.3 Å². The van der Waals surface area contributed by atoms with E-state index in [-0.39, 0.29) is 16.4 Å². The van der Waals surface area contributed by atoms with Crippen LogP contribution in [0.25, 0.3) is 0 Å². The highest BCUT2D eigenvalue weighted by molar-refractivity contribution is 7.89. The van der Waals surface area contributed by atoms with E-state index < -0.39 is 10.0 Å². The zero-order valence-corrected chi connectivity index (χ0v) is 19.9. The number of unbranched alkanes of at least 4 members (excludes halogenated alkanes) is 1. The number of carbonyl (C=O) groups is 1. The second-order valence-corrected chi connectivity index (χ2v) is 10.7. The summed E-state index contributed by atoms with van der Waals surface area (Å²) in [5.74, 6) is 0.0421. The predicted octanol–water partition coefficient (Wildman–Crippen LogP) is 3.78. The Labute approximate surface area is 188 Å². The Morgan fingerprint density at radius 3 is 2.58 bits per heavy atom. The maximum Gasteiger partial charge on any atom is 0.255 e. The van der Waals surface area contributed by atoms with Crippen molar-refractivity contribution in [2.45, 2.75) is 56.8 Å². The van der Waals surface area contributed by atoms with Crippen LogP contribution in [-0.2, 0) is 16.4 Å². The van der Waals surface area contributed by atoms with Crippen molar-refractivity contribution in [3.63, 3.8) is 0 Å². The molecule has 170 valence electrons. The van der Waals surface area contributed by atoms with Crippen LogP contribution in [0.4, 0.5) is 0 Å². The maximum atomic E-state index is 13.1. The summed E-state index contributed by atoms with van der Waals surface area (Å²) in [7, 11) is -2.15. The molecule has 2 aromatic rings. The minimum absolute atomic E-state index is 0.138. The number of thiazole rings is 1. The van der Waals surface area contributed by atoms with Gasteiger partial charge in [-0.3, -0.25) is 4.79 Å². The summed E-state index contributed by atoms with van der Waals surface area (Å²) < 4.78 is 33.0. The molecule has 3 rings (SSSR count). The van der Waals surface area contributed by atoms with Gasteiger partial charge in [-0.05, 0) is 57.2 Å². The van der Waals surface area contributed by atoms with Crippen LogP contribution in [0.3, 0.4) is 0 Å². The molecule has 0 unspecified atom stereocenters. The standard InChI is InChI=1S/C22H31N3O4S2/c1-17-16-30-21(24-17)9-5-6-12-23-22(26)19-15-18(10-11-20(19)29-2)31(27,28)25-13-7-3-4-8-14-25/h10-11,15-16H,3-9,12-14H2,1-2H3,(H,23,26). The van der Waals surface area contributed by atoms with Crippen molar-refractivity contribution in [3.05, 3.63) is 39.8 Å². The van der Waals surface area contributed by atoms with Gasteiger partial charge in [-0.2, -0.15) is 4.31 Å². The van der Waals surface area contributed by atoms with Crippen molar-refractivity contribution < 1.29 is 17.9 Å². The summed E-state index contributed by atoms with van der Waals surface area (Å²) in [6.45, 7) is 3.53. The second kappa shape index (κ2) is 11.1. The van der Waals surface area contributed by atoms with E-state index in [0.717, 1.165) is 55.6 Å². The van der Waals surface area contributed by atoms with E-state index in [9.17, 15) is 13.2 Å². The first-order valence-corrected chi connectivity index (χ1v) is 13.1. The summed E-state index contributed by atoms with van der Waals surface area (Å²) in [6, 6.07) is 4.52. The Kier molecular flexibility index (Phi) is 8.45. The van der Waals surface area contributed by atoms with Crippen LogP contribution in [0.5, 0.6) is 5.75 Å². The Morgan fingerprint density at radius 2 is 1.94 bits per heavy atom. The third-order valence-electron chi connectivity index (χ3n) is 5.39. The van der Waals surface area contributed by atoms with Crippen LogP contribution in [-0.4, -0.2) is 50.4 Å². The van der Waals surface area contributed by atoms with E-state index in [0.29, 0.717) is 25.4 Å². The average molecular weight is 466 g/mol. The first-order chi connectivity index (χ1) is 14.9. The number of methoxy groups -OCH3 is 1. The fourth-order valence-corrected chi connectivity index (χ4v) is 6.03. The number of hydrogen-bond acceptors (Lipinski definition) is 6.